The van der Waals surface area contributed by atoms with E-state index in [4.69, 9.17) is 4.74 Å². The van der Waals surface area contributed by atoms with Crippen LogP contribution in [-0.2, 0) is 11.2 Å². The first-order valence-corrected chi connectivity index (χ1v) is 6.82. The summed E-state index contributed by atoms with van der Waals surface area (Å²) in [6.45, 7) is 1.71. The molecule has 0 saturated carbocycles. The van der Waals surface area contributed by atoms with E-state index < -0.39 is 0 Å². The van der Waals surface area contributed by atoms with Crippen molar-refractivity contribution < 1.29 is 14.3 Å². The van der Waals surface area contributed by atoms with Crippen molar-refractivity contribution in [3.63, 3.8) is 0 Å². The summed E-state index contributed by atoms with van der Waals surface area (Å²) in [4.78, 5) is 24.5. The third-order valence-corrected chi connectivity index (χ3v) is 3.55. The molecule has 20 heavy (non-hydrogen) atoms. The second-order valence-corrected chi connectivity index (χ2v) is 4.89. The second kappa shape index (κ2) is 5.40. The van der Waals surface area contributed by atoms with Gasteiger partial charge in [0.05, 0.1) is 5.69 Å². The van der Waals surface area contributed by atoms with E-state index >= 15 is 0 Å². The summed E-state index contributed by atoms with van der Waals surface area (Å²) < 4.78 is 5.59. The molecule has 3 rings (SSSR count). The Morgan fingerprint density at radius 3 is 3.00 bits per heavy atom. The zero-order chi connectivity index (χ0) is 13.9. The lowest BCUT2D eigenvalue weighted by Crippen LogP contribution is -2.37. The van der Waals surface area contributed by atoms with Crippen molar-refractivity contribution in [1.29, 1.82) is 0 Å². The fourth-order valence-corrected chi connectivity index (χ4v) is 2.53. The summed E-state index contributed by atoms with van der Waals surface area (Å²) >= 11 is 0. The quantitative estimate of drug-likeness (QED) is 0.862. The predicted octanol–water partition coefficient (Wildman–Crippen LogP) is 0.975. The molecule has 0 aromatic heterocycles. The van der Waals surface area contributed by atoms with Crippen LogP contribution in [0.5, 0.6) is 5.75 Å². The minimum atomic E-state index is -0.341. The zero-order valence-electron chi connectivity index (χ0n) is 11.1. The van der Waals surface area contributed by atoms with E-state index in [1.807, 2.05) is 12.1 Å². The van der Waals surface area contributed by atoms with E-state index in [0.717, 1.165) is 25.1 Å². The Hall–Kier alpha value is -2.24. The summed E-state index contributed by atoms with van der Waals surface area (Å²) in [7, 11) is 0. The van der Waals surface area contributed by atoms with E-state index in [2.05, 4.69) is 16.7 Å². The van der Waals surface area contributed by atoms with Crippen LogP contribution >= 0.6 is 0 Å². The average molecular weight is 275 g/mol. The molecule has 0 bridgehead atoms. The molecule has 2 heterocycles. The van der Waals surface area contributed by atoms with Crippen LogP contribution in [0.3, 0.4) is 0 Å². The van der Waals surface area contributed by atoms with Crippen LogP contribution in [0.15, 0.2) is 18.2 Å². The number of anilines is 1. The molecular formula is C14H17N3O3. The van der Waals surface area contributed by atoms with Crippen LogP contribution in [0.25, 0.3) is 0 Å². The Labute approximate surface area is 117 Å². The van der Waals surface area contributed by atoms with Gasteiger partial charge >= 0.3 is 6.03 Å². The highest BCUT2D eigenvalue weighted by molar-refractivity contribution is 5.96. The molecule has 2 N–H and O–H groups in total. The van der Waals surface area contributed by atoms with Crippen LogP contribution < -0.4 is 15.4 Å². The standard InChI is InChI=1S/C14H17N3O3/c18-12(17-8-7-16-14(17)19)9-20-11-5-1-3-10-4-2-6-15-13(10)11/h1,3,5,15H,2,4,6-9H2,(H,16,19). The van der Waals surface area contributed by atoms with E-state index in [0.29, 0.717) is 18.8 Å². The predicted molar refractivity (Wildman–Crippen MR) is 73.9 cm³/mol. The normalized spacial score (nSPS) is 17.2. The number of imide groups is 1. The largest absolute Gasteiger partial charge is 0.482 e. The van der Waals surface area contributed by atoms with Gasteiger partial charge in [-0.2, -0.15) is 0 Å². The molecule has 106 valence electrons. The highest BCUT2D eigenvalue weighted by Gasteiger charge is 2.26. The van der Waals surface area contributed by atoms with Gasteiger partial charge in [-0.05, 0) is 24.5 Å². The van der Waals surface area contributed by atoms with Gasteiger partial charge in [0.25, 0.3) is 5.91 Å². The van der Waals surface area contributed by atoms with Gasteiger partial charge in [0.1, 0.15) is 5.75 Å². The Bertz CT molecular complexity index is 544. The molecule has 1 fully saturated rings. The number of aryl methyl sites for hydroxylation is 1. The highest BCUT2D eigenvalue weighted by Crippen LogP contribution is 2.31. The third-order valence-electron chi connectivity index (χ3n) is 3.55. The van der Waals surface area contributed by atoms with Crippen molar-refractivity contribution in [1.82, 2.24) is 10.2 Å². The summed E-state index contributed by atoms with van der Waals surface area (Å²) in [6.07, 6.45) is 2.12. The summed E-state index contributed by atoms with van der Waals surface area (Å²) in [6, 6.07) is 5.49. The van der Waals surface area contributed by atoms with Gasteiger partial charge in [-0.25, -0.2) is 4.79 Å². The third kappa shape index (κ3) is 2.41. The molecule has 0 spiro atoms. The molecule has 0 unspecified atom stereocenters. The molecule has 1 aromatic rings. The molecule has 1 aromatic carbocycles. The average Bonchev–Trinajstić information content (AvgIpc) is 2.91. The number of hydrogen-bond donors (Lipinski definition) is 2. The lowest BCUT2D eigenvalue weighted by Gasteiger charge is -2.21. The molecule has 6 heteroatoms. The van der Waals surface area contributed by atoms with Gasteiger partial charge in [-0.3, -0.25) is 9.69 Å². The zero-order valence-corrected chi connectivity index (χ0v) is 11.1. The number of nitrogens with zero attached hydrogens (tertiary/aromatic N) is 1. The van der Waals surface area contributed by atoms with Crippen LogP contribution in [0.2, 0.25) is 0 Å². The van der Waals surface area contributed by atoms with Crippen molar-refractivity contribution in [2.75, 3.05) is 31.6 Å². The van der Waals surface area contributed by atoms with Gasteiger partial charge in [-0.1, -0.05) is 12.1 Å². The molecule has 6 nitrogen and oxygen atoms in total. The number of para-hydroxylation sites is 1. The topological polar surface area (TPSA) is 70.7 Å². The van der Waals surface area contributed by atoms with E-state index in [1.54, 1.807) is 0 Å². The Morgan fingerprint density at radius 1 is 1.30 bits per heavy atom. The van der Waals surface area contributed by atoms with Crippen molar-refractivity contribution in [2.24, 2.45) is 0 Å². The summed E-state index contributed by atoms with van der Waals surface area (Å²) in [5.41, 5.74) is 2.18. The molecule has 2 aliphatic rings. The fraction of sp³-hybridized carbons (Fsp3) is 0.429. The number of nitrogens with one attached hydrogen (secondary N) is 2. The number of hydrogen-bond acceptors (Lipinski definition) is 4. The Balaban J connectivity index is 1.66. The molecule has 1 saturated heterocycles. The second-order valence-electron chi connectivity index (χ2n) is 4.89. The number of benzene rings is 1. The Morgan fingerprint density at radius 2 is 2.20 bits per heavy atom. The number of amides is 3. The minimum Gasteiger partial charge on any atom is -0.482 e. The van der Waals surface area contributed by atoms with Gasteiger partial charge in [0.2, 0.25) is 0 Å². The smallest absolute Gasteiger partial charge is 0.324 e. The van der Waals surface area contributed by atoms with Crippen LogP contribution in [0.4, 0.5) is 10.5 Å². The first kappa shape index (κ1) is 12.8. The fourth-order valence-electron chi connectivity index (χ4n) is 2.53. The highest BCUT2D eigenvalue weighted by atomic mass is 16.5. The van der Waals surface area contributed by atoms with Crippen molar-refractivity contribution >= 4 is 17.6 Å². The van der Waals surface area contributed by atoms with Gasteiger partial charge in [0.15, 0.2) is 6.61 Å². The van der Waals surface area contributed by atoms with Crippen LogP contribution in [-0.4, -0.2) is 43.1 Å². The Kier molecular flexibility index (Phi) is 3.45. The molecule has 3 amide bonds. The number of fused-ring (bicyclic) bond motifs is 1. The van der Waals surface area contributed by atoms with Crippen molar-refractivity contribution in [2.45, 2.75) is 12.8 Å². The number of urea groups is 1. The molecule has 2 aliphatic heterocycles. The van der Waals surface area contributed by atoms with Crippen molar-refractivity contribution in [3.05, 3.63) is 23.8 Å². The minimum absolute atomic E-state index is 0.119. The monoisotopic (exact) mass is 275 g/mol. The molecule has 0 atom stereocenters. The SMILES string of the molecule is O=C(COc1cccc2c1NCCC2)N1CCNC1=O. The van der Waals surface area contributed by atoms with Gasteiger partial charge in [-0.15, -0.1) is 0 Å². The number of carbonyl (C=O) groups is 2. The van der Waals surface area contributed by atoms with Gasteiger partial charge in [0, 0.05) is 19.6 Å². The van der Waals surface area contributed by atoms with Crippen LogP contribution in [0, 0.1) is 0 Å². The first-order chi connectivity index (χ1) is 9.75. The number of rotatable bonds is 3. The molecule has 0 aliphatic carbocycles. The van der Waals surface area contributed by atoms with Crippen LogP contribution in [0.1, 0.15) is 12.0 Å². The summed E-state index contributed by atoms with van der Waals surface area (Å²) in [5, 5.41) is 5.90. The maximum Gasteiger partial charge on any atom is 0.324 e. The van der Waals surface area contributed by atoms with E-state index in [1.165, 1.54) is 10.5 Å². The van der Waals surface area contributed by atoms with Gasteiger partial charge < -0.3 is 15.4 Å². The maximum atomic E-state index is 11.9. The number of carbonyl (C=O) groups excluding carboxylic acids is 2. The molecular weight excluding hydrogens is 258 g/mol. The maximum absolute atomic E-state index is 11.9. The first-order valence-electron chi connectivity index (χ1n) is 6.82. The lowest BCUT2D eigenvalue weighted by atomic mass is 10.0. The van der Waals surface area contributed by atoms with Crippen molar-refractivity contribution in [3.8, 4) is 5.75 Å². The van der Waals surface area contributed by atoms with E-state index in [-0.39, 0.29) is 18.5 Å². The lowest BCUT2D eigenvalue weighted by molar-refractivity contribution is -0.129. The molecule has 0 radical (unpaired) electrons. The summed E-state index contributed by atoms with van der Waals surface area (Å²) in [5.74, 6) is 0.364. The number of ether oxygens (including phenoxy) is 1. The van der Waals surface area contributed by atoms with E-state index in [9.17, 15) is 9.59 Å².